The van der Waals surface area contributed by atoms with Crippen LogP contribution in [0.5, 0.6) is 5.75 Å². The van der Waals surface area contributed by atoms with Crippen LogP contribution in [-0.4, -0.2) is 44.1 Å². The van der Waals surface area contributed by atoms with Crippen molar-refractivity contribution >= 4 is 11.6 Å². The fourth-order valence-electron chi connectivity index (χ4n) is 2.81. The summed E-state index contributed by atoms with van der Waals surface area (Å²) in [4.78, 5) is 16.4. The summed E-state index contributed by atoms with van der Waals surface area (Å²) in [6.07, 6.45) is 2.69. The van der Waals surface area contributed by atoms with Crippen LogP contribution in [-0.2, 0) is 0 Å². The summed E-state index contributed by atoms with van der Waals surface area (Å²) in [5.41, 5.74) is 1.47. The summed E-state index contributed by atoms with van der Waals surface area (Å²) in [5.74, 6) is 0.734. The van der Waals surface area contributed by atoms with Gasteiger partial charge in [0.25, 0.3) is 5.91 Å². The van der Waals surface area contributed by atoms with E-state index in [9.17, 15) is 10.0 Å². The summed E-state index contributed by atoms with van der Waals surface area (Å²) in [7, 11) is 1.66. The Labute approximate surface area is 135 Å². The van der Waals surface area contributed by atoms with Gasteiger partial charge in [-0.25, -0.2) is 0 Å². The van der Waals surface area contributed by atoms with Gasteiger partial charge >= 0.3 is 0 Å². The van der Waals surface area contributed by atoms with E-state index < -0.39 is 0 Å². The minimum absolute atomic E-state index is 0.102. The number of piperazine rings is 1. The third-order valence-corrected chi connectivity index (χ3v) is 4.01. The fourth-order valence-corrected chi connectivity index (χ4v) is 2.81. The Bertz CT molecular complexity index is 697. The lowest BCUT2D eigenvalue weighted by atomic mass is 10.2. The van der Waals surface area contributed by atoms with Crippen LogP contribution in [0.2, 0.25) is 0 Å². The maximum Gasteiger partial charge on any atom is 0.260 e. The van der Waals surface area contributed by atoms with E-state index in [0.717, 1.165) is 24.5 Å². The Balaban J connectivity index is 1.67. The van der Waals surface area contributed by atoms with Crippen LogP contribution in [0.15, 0.2) is 48.8 Å². The number of para-hydroxylation sites is 2. The van der Waals surface area contributed by atoms with E-state index >= 15 is 0 Å². The highest BCUT2D eigenvalue weighted by Crippen LogP contribution is 2.28. The lowest BCUT2D eigenvalue weighted by Crippen LogP contribution is -2.49. The normalized spacial score (nSPS) is 14.7. The van der Waals surface area contributed by atoms with Gasteiger partial charge in [-0.3, -0.25) is 4.79 Å². The molecule has 0 N–H and O–H groups in total. The van der Waals surface area contributed by atoms with Gasteiger partial charge in [0.1, 0.15) is 11.3 Å². The molecule has 0 bridgehead atoms. The second-order valence-electron chi connectivity index (χ2n) is 5.40. The molecule has 0 radical (unpaired) electrons. The van der Waals surface area contributed by atoms with Crippen LogP contribution in [0.3, 0.4) is 0 Å². The third-order valence-electron chi connectivity index (χ3n) is 4.01. The number of hydrogen-bond acceptors (Lipinski definition) is 4. The standard InChI is InChI=1S/C17H19N3O3/c1-23-16-7-3-2-6-15(16)18-9-11-19(12-10-18)17(21)14-5-4-8-20(22)13-14/h2-8,13H,9-12H2,1H3. The van der Waals surface area contributed by atoms with Crippen molar-refractivity contribution in [3.8, 4) is 5.75 Å². The first kappa shape index (κ1) is 15.1. The van der Waals surface area contributed by atoms with Gasteiger partial charge in [0.15, 0.2) is 12.4 Å². The van der Waals surface area contributed by atoms with E-state index in [1.165, 1.54) is 12.4 Å². The summed E-state index contributed by atoms with van der Waals surface area (Å²) in [5, 5.41) is 11.3. The molecule has 120 valence electrons. The van der Waals surface area contributed by atoms with E-state index in [0.29, 0.717) is 23.4 Å². The summed E-state index contributed by atoms with van der Waals surface area (Å²) < 4.78 is 6.05. The SMILES string of the molecule is COc1ccccc1N1CCN(C(=O)c2ccc[n+]([O-])c2)CC1. The van der Waals surface area contributed by atoms with Crippen molar-refractivity contribution in [3.63, 3.8) is 0 Å². The third kappa shape index (κ3) is 3.21. The summed E-state index contributed by atoms with van der Waals surface area (Å²) in [6.45, 7) is 2.70. The predicted molar refractivity (Wildman–Crippen MR) is 86.5 cm³/mol. The molecule has 1 aromatic heterocycles. The number of carbonyl (C=O) groups excluding carboxylic acids is 1. The lowest BCUT2D eigenvalue weighted by molar-refractivity contribution is -0.605. The van der Waals surface area contributed by atoms with E-state index in [1.54, 1.807) is 24.1 Å². The molecule has 1 fully saturated rings. The van der Waals surface area contributed by atoms with Gasteiger partial charge in [-0.05, 0) is 18.2 Å². The topological polar surface area (TPSA) is 59.7 Å². The summed E-state index contributed by atoms with van der Waals surface area (Å²) >= 11 is 0. The number of ether oxygens (including phenoxy) is 1. The number of carbonyl (C=O) groups is 1. The van der Waals surface area contributed by atoms with Gasteiger partial charge in [0, 0.05) is 32.2 Å². The van der Waals surface area contributed by atoms with Crippen molar-refractivity contribution in [2.75, 3.05) is 38.2 Å². The van der Waals surface area contributed by atoms with Crippen LogP contribution < -0.4 is 14.4 Å². The molecule has 1 amide bonds. The minimum Gasteiger partial charge on any atom is -0.619 e. The molecule has 0 aliphatic carbocycles. The molecule has 1 aliphatic rings. The van der Waals surface area contributed by atoms with Crippen LogP contribution in [0.1, 0.15) is 10.4 Å². The molecular formula is C17H19N3O3. The number of benzene rings is 1. The maximum absolute atomic E-state index is 12.4. The van der Waals surface area contributed by atoms with Crippen molar-refractivity contribution in [1.82, 2.24) is 4.90 Å². The molecule has 0 unspecified atom stereocenters. The number of pyridine rings is 1. The molecule has 6 heteroatoms. The number of anilines is 1. The first-order valence-electron chi connectivity index (χ1n) is 7.55. The molecule has 3 rings (SSSR count). The zero-order valence-electron chi connectivity index (χ0n) is 13.0. The first-order chi connectivity index (χ1) is 11.2. The molecule has 1 aliphatic heterocycles. The van der Waals surface area contributed by atoms with Crippen LogP contribution in [0, 0.1) is 5.21 Å². The lowest BCUT2D eigenvalue weighted by Gasteiger charge is -2.36. The maximum atomic E-state index is 12.4. The molecule has 1 aromatic carbocycles. The smallest absolute Gasteiger partial charge is 0.260 e. The van der Waals surface area contributed by atoms with Gasteiger partial charge in [-0.2, -0.15) is 4.73 Å². The molecule has 0 spiro atoms. The molecule has 2 heterocycles. The average Bonchev–Trinajstić information content (AvgIpc) is 2.61. The van der Waals surface area contributed by atoms with Gasteiger partial charge in [0.2, 0.25) is 0 Å². The van der Waals surface area contributed by atoms with Crippen molar-refractivity contribution < 1.29 is 14.3 Å². The molecule has 2 aromatic rings. The Morgan fingerprint density at radius 3 is 2.57 bits per heavy atom. The zero-order chi connectivity index (χ0) is 16.2. The molecule has 6 nitrogen and oxygen atoms in total. The second-order valence-corrected chi connectivity index (χ2v) is 5.40. The van der Waals surface area contributed by atoms with Gasteiger partial charge in [-0.1, -0.05) is 12.1 Å². The Kier molecular flexibility index (Phi) is 4.32. The quantitative estimate of drug-likeness (QED) is 0.633. The van der Waals surface area contributed by atoms with E-state index in [2.05, 4.69) is 4.90 Å². The van der Waals surface area contributed by atoms with Crippen molar-refractivity contribution in [2.24, 2.45) is 0 Å². The molecule has 0 atom stereocenters. The predicted octanol–water partition coefficient (Wildman–Crippen LogP) is 1.29. The van der Waals surface area contributed by atoms with Gasteiger partial charge < -0.3 is 19.7 Å². The fraction of sp³-hybridized carbons (Fsp3) is 0.294. The number of methoxy groups -OCH3 is 1. The number of rotatable bonds is 3. The van der Waals surface area contributed by atoms with Crippen molar-refractivity contribution in [3.05, 3.63) is 59.6 Å². The highest BCUT2D eigenvalue weighted by Gasteiger charge is 2.24. The van der Waals surface area contributed by atoms with Crippen LogP contribution in [0.4, 0.5) is 5.69 Å². The second kappa shape index (κ2) is 6.56. The number of hydrogen-bond donors (Lipinski definition) is 0. The number of nitrogens with zero attached hydrogens (tertiary/aromatic N) is 3. The Hall–Kier alpha value is -2.76. The number of aromatic nitrogens is 1. The molecule has 0 saturated carbocycles. The largest absolute Gasteiger partial charge is 0.619 e. The van der Waals surface area contributed by atoms with E-state index in [-0.39, 0.29) is 5.91 Å². The van der Waals surface area contributed by atoms with Crippen molar-refractivity contribution in [1.29, 1.82) is 0 Å². The molecule has 23 heavy (non-hydrogen) atoms. The van der Waals surface area contributed by atoms with Gasteiger partial charge in [-0.15, -0.1) is 0 Å². The summed E-state index contributed by atoms with van der Waals surface area (Å²) in [6, 6.07) is 11.1. The number of amides is 1. The highest BCUT2D eigenvalue weighted by molar-refractivity contribution is 5.93. The zero-order valence-corrected chi connectivity index (χ0v) is 13.0. The van der Waals surface area contributed by atoms with E-state index in [1.807, 2.05) is 24.3 Å². The van der Waals surface area contributed by atoms with E-state index in [4.69, 9.17) is 4.74 Å². The molecular weight excluding hydrogens is 294 g/mol. The van der Waals surface area contributed by atoms with Gasteiger partial charge in [0.05, 0.1) is 12.8 Å². The first-order valence-corrected chi connectivity index (χ1v) is 7.55. The van der Waals surface area contributed by atoms with Crippen LogP contribution in [0.25, 0.3) is 0 Å². The molecule has 1 saturated heterocycles. The van der Waals surface area contributed by atoms with Crippen molar-refractivity contribution in [2.45, 2.75) is 0 Å². The monoisotopic (exact) mass is 313 g/mol. The van der Waals surface area contributed by atoms with Crippen LogP contribution >= 0.6 is 0 Å². The highest BCUT2D eigenvalue weighted by atomic mass is 16.5. The average molecular weight is 313 g/mol. The Morgan fingerprint density at radius 2 is 1.87 bits per heavy atom. The minimum atomic E-state index is -0.102. The Morgan fingerprint density at radius 1 is 1.13 bits per heavy atom.